The maximum Gasteiger partial charge on any atom is 0.244 e. The zero-order chi connectivity index (χ0) is 14.5. The summed E-state index contributed by atoms with van der Waals surface area (Å²) in [5.74, 6) is 0.520. The van der Waals surface area contributed by atoms with Crippen molar-refractivity contribution in [2.45, 2.75) is 43.5 Å². The third-order valence-corrected chi connectivity index (χ3v) is 6.38. The van der Waals surface area contributed by atoms with Crippen molar-refractivity contribution in [2.24, 2.45) is 5.92 Å². The Labute approximate surface area is 125 Å². The molecule has 1 aromatic carbocycles. The van der Waals surface area contributed by atoms with Crippen LogP contribution < -0.4 is 5.73 Å². The smallest absolute Gasteiger partial charge is 0.244 e. The van der Waals surface area contributed by atoms with Crippen LogP contribution in [0.25, 0.3) is 0 Å². The zero-order valence-corrected chi connectivity index (χ0v) is 13.0. The number of hydrogen-bond acceptors (Lipinski definition) is 3. The largest absolute Gasteiger partial charge is 0.398 e. The van der Waals surface area contributed by atoms with Crippen molar-refractivity contribution < 1.29 is 8.42 Å². The van der Waals surface area contributed by atoms with Crippen LogP contribution in [-0.4, -0.2) is 25.3 Å². The van der Waals surface area contributed by atoms with Crippen LogP contribution in [0.1, 0.15) is 31.2 Å². The summed E-state index contributed by atoms with van der Waals surface area (Å²) in [6.07, 6.45) is 4.15. The molecule has 2 saturated carbocycles. The van der Waals surface area contributed by atoms with E-state index in [1.165, 1.54) is 6.07 Å². The second kappa shape index (κ2) is 4.90. The van der Waals surface area contributed by atoms with Gasteiger partial charge in [0.05, 0.1) is 5.02 Å². The van der Waals surface area contributed by atoms with Crippen LogP contribution in [0.3, 0.4) is 0 Å². The van der Waals surface area contributed by atoms with Gasteiger partial charge >= 0.3 is 0 Å². The van der Waals surface area contributed by atoms with E-state index < -0.39 is 10.0 Å². The summed E-state index contributed by atoms with van der Waals surface area (Å²) in [5, 5.41) is 0.262. The normalized spacial score (nSPS) is 19.6. The first-order chi connectivity index (χ1) is 9.39. The van der Waals surface area contributed by atoms with Gasteiger partial charge in [0.2, 0.25) is 10.0 Å². The molecule has 6 heteroatoms. The van der Waals surface area contributed by atoms with Crippen LogP contribution in [-0.2, 0) is 10.0 Å². The fourth-order valence-corrected chi connectivity index (χ4v) is 4.71. The molecular weight excluding hydrogens is 296 g/mol. The Bertz CT molecular complexity index is 637. The Hall–Kier alpha value is -0.780. The van der Waals surface area contributed by atoms with Crippen LogP contribution in [0.2, 0.25) is 5.02 Å². The number of nitrogens with two attached hydrogens (primary N) is 1. The maximum atomic E-state index is 12.8. The highest BCUT2D eigenvalue weighted by atomic mass is 35.5. The van der Waals surface area contributed by atoms with Crippen molar-refractivity contribution in [2.75, 3.05) is 12.3 Å². The van der Waals surface area contributed by atoms with E-state index in [2.05, 4.69) is 0 Å². The quantitative estimate of drug-likeness (QED) is 0.850. The first-order valence-corrected chi connectivity index (χ1v) is 8.79. The van der Waals surface area contributed by atoms with Gasteiger partial charge in [-0.15, -0.1) is 0 Å². The number of benzene rings is 1. The Morgan fingerprint density at radius 3 is 2.50 bits per heavy atom. The van der Waals surface area contributed by atoms with E-state index in [0.717, 1.165) is 31.2 Å². The molecule has 0 radical (unpaired) electrons. The molecular formula is C14H19ClN2O2S. The molecule has 0 unspecified atom stereocenters. The van der Waals surface area contributed by atoms with E-state index in [9.17, 15) is 8.42 Å². The van der Waals surface area contributed by atoms with Gasteiger partial charge < -0.3 is 5.73 Å². The standard InChI is InChI=1S/C14H19ClN2O2S/c1-9-6-12(15)14(7-13(9)16)20(18,19)17(11-4-5-11)8-10-2-3-10/h6-7,10-11H,2-5,8,16H2,1H3. The van der Waals surface area contributed by atoms with Crippen LogP contribution in [0.15, 0.2) is 17.0 Å². The highest BCUT2D eigenvalue weighted by Crippen LogP contribution is 2.39. The number of nitrogen functional groups attached to an aromatic ring is 1. The van der Waals surface area contributed by atoms with E-state index in [1.54, 1.807) is 10.4 Å². The van der Waals surface area contributed by atoms with Crippen LogP contribution >= 0.6 is 11.6 Å². The SMILES string of the molecule is Cc1cc(Cl)c(S(=O)(=O)N(CC2CC2)C2CC2)cc1N. The molecule has 0 heterocycles. The van der Waals surface area contributed by atoms with Crippen molar-refractivity contribution in [3.05, 3.63) is 22.7 Å². The summed E-state index contributed by atoms with van der Waals surface area (Å²) >= 11 is 6.15. The first kappa shape index (κ1) is 14.2. The molecule has 0 saturated heterocycles. The number of hydrogen-bond donors (Lipinski definition) is 1. The third-order valence-electron chi connectivity index (χ3n) is 4.00. The highest BCUT2D eigenvalue weighted by Gasteiger charge is 2.41. The fraction of sp³-hybridized carbons (Fsp3) is 0.571. The van der Waals surface area contributed by atoms with Crippen molar-refractivity contribution in [3.8, 4) is 0 Å². The van der Waals surface area contributed by atoms with Crippen LogP contribution in [0, 0.1) is 12.8 Å². The second-order valence-corrected chi connectivity index (χ2v) is 8.15. The number of sulfonamides is 1. The maximum absolute atomic E-state index is 12.8. The average Bonchev–Trinajstić information content (AvgIpc) is 3.24. The zero-order valence-electron chi connectivity index (χ0n) is 11.5. The Morgan fingerprint density at radius 1 is 1.30 bits per heavy atom. The van der Waals surface area contributed by atoms with Crippen LogP contribution in [0.4, 0.5) is 5.69 Å². The molecule has 110 valence electrons. The van der Waals surface area contributed by atoms with Gasteiger partial charge in [-0.1, -0.05) is 11.6 Å². The van der Waals surface area contributed by atoms with E-state index in [-0.39, 0.29) is 16.0 Å². The molecule has 0 aromatic heterocycles. The van der Waals surface area contributed by atoms with E-state index in [1.807, 2.05) is 6.92 Å². The molecule has 0 aliphatic heterocycles. The molecule has 2 aliphatic carbocycles. The minimum absolute atomic E-state index is 0.148. The monoisotopic (exact) mass is 314 g/mol. The van der Waals surface area contributed by atoms with E-state index in [4.69, 9.17) is 17.3 Å². The summed E-state index contributed by atoms with van der Waals surface area (Å²) in [7, 11) is -3.54. The first-order valence-electron chi connectivity index (χ1n) is 6.97. The van der Waals surface area contributed by atoms with Gasteiger partial charge in [-0.3, -0.25) is 0 Å². The minimum atomic E-state index is -3.54. The second-order valence-electron chi connectivity index (χ2n) is 5.89. The molecule has 2 aliphatic rings. The third kappa shape index (κ3) is 2.67. The lowest BCUT2D eigenvalue weighted by Gasteiger charge is -2.22. The molecule has 0 bridgehead atoms. The van der Waals surface area contributed by atoms with Gasteiger partial charge in [0.1, 0.15) is 4.90 Å². The summed E-state index contributed by atoms with van der Waals surface area (Å²) in [4.78, 5) is 0.148. The van der Waals surface area contributed by atoms with E-state index >= 15 is 0 Å². The number of halogens is 1. The van der Waals surface area contributed by atoms with Crippen molar-refractivity contribution in [1.29, 1.82) is 0 Å². The van der Waals surface area contributed by atoms with Gasteiger partial charge in [0.25, 0.3) is 0 Å². The van der Waals surface area contributed by atoms with Gasteiger partial charge in [-0.2, -0.15) is 4.31 Å². The molecule has 0 amide bonds. The van der Waals surface area contributed by atoms with Gasteiger partial charge in [0, 0.05) is 18.3 Å². The lowest BCUT2D eigenvalue weighted by molar-refractivity contribution is 0.389. The Morgan fingerprint density at radius 2 is 1.95 bits per heavy atom. The molecule has 4 nitrogen and oxygen atoms in total. The van der Waals surface area contributed by atoms with Crippen molar-refractivity contribution >= 4 is 27.3 Å². The highest BCUT2D eigenvalue weighted by molar-refractivity contribution is 7.89. The summed E-state index contributed by atoms with van der Waals surface area (Å²) in [6, 6.07) is 3.28. The van der Waals surface area contributed by atoms with Gasteiger partial charge in [0.15, 0.2) is 0 Å². The lowest BCUT2D eigenvalue weighted by Crippen LogP contribution is -2.35. The molecule has 2 fully saturated rings. The van der Waals surface area contributed by atoms with Gasteiger partial charge in [-0.05, 0) is 56.2 Å². The minimum Gasteiger partial charge on any atom is -0.398 e. The fourth-order valence-electron chi connectivity index (χ4n) is 2.35. The van der Waals surface area contributed by atoms with Gasteiger partial charge in [-0.25, -0.2) is 8.42 Å². The number of anilines is 1. The van der Waals surface area contributed by atoms with Crippen LogP contribution in [0.5, 0.6) is 0 Å². The number of rotatable bonds is 5. The van der Waals surface area contributed by atoms with Crippen molar-refractivity contribution in [3.63, 3.8) is 0 Å². The lowest BCUT2D eigenvalue weighted by atomic mass is 10.2. The van der Waals surface area contributed by atoms with Crippen molar-refractivity contribution in [1.82, 2.24) is 4.31 Å². The molecule has 0 atom stereocenters. The summed E-state index contributed by atoms with van der Waals surface area (Å²) in [5.41, 5.74) is 7.12. The molecule has 0 spiro atoms. The predicted molar refractivity (Wildman–Crippen MR) is 80.2 cm³/mol. The van der Waals surface area contributed by atoms with E-state index in [0.29, 0.717) is 18.2 Å². The number of nitrogens with zero attached hydrogens (tertiary/aromatic N) is 1. The Kier molecular flexibility index (Phi) is 3.47. The molecule has 3 rings (SSSR count). The predicted octanol–water partition coefficient (Wildman–Crippen LogP) is 2.79. The Balaban J connectivity index is 1.98. The molecule has 2 N–H and O–H groups in total. The summed E-state index contributed by atoms with van der Waals surface area (Å²) in [6.45, 7) is 2.44. The molecule has 20 heavy (non-hydrogen) atoms. The number of aryl methyl sites for hydroxylation is 1. The molecule has 1 aromatic rings. The summed E-state index contributed by atoms with van der Waals surface area (Å²) < 4.78 is 27.3. The average molecular weight is 315 g/mol. The topological polar surface area (TPSA) is 63.4 Å².